The monoisotopic (exact) mass is 481 g/mol. The van der Waals surface area contributed by atoms with Crippen molar-refractivity contribution in [2.45, 2.75) is 26.2 Å². The van der Waals surface area contributed by atoms with Gasteiger partial charge in [-0.05, 0) is 24.6 Å². The van der Waals surface area contributed by atoms with Crippen LogP contribution in [-0.2, 0) is 10.2 Å². The van der Waals surface area contributed by atoms with Gasteiger partial charge in [-0.25, -0.2) is 4.99 Å². The van der Waals surface area contributed by atoms with Crippen molar-refractivity contribution in [2.24, 2.45) is 4.99 Å². The molecule has 2 rings (SSSR count). The number of amides is 1. The standard InChI is InChI=1S/C20H27N5O.HI/c1-4-22-19(23-14-18(26)25-17-11-8-12-21-13-17)24-15-20(2,3)16-9-6-5-7-10-16;/h5-13H,4,14-15H2,1-3H3,(H,25,26)(H2,22,23,24);1H. The quantitative estimate of drug-likeness (QED) is 0.323. The number of rotatable bonds is 7. The molecule has 0 bridgehead atoms. The van der Waals surface area contributed by atoms with Gasteiger partial charge in [-0.2, -0.15) is 0 Å². The molecule has 0 radical (unpaired) electrons. The Balaban J connectivity index is 0.00000364. The fraction of sp³-hybridized carbons (Fsp3) is 0.350. The van der Waals surface area contributed by atoms with Crippen LogP contribution in [0.15, 0.2) is 59.9 Å². The predicted molar refractivity (Wildman–Crippen MR) is 122 cm³/mol. The minimum absolute atomic E-state index is 0. The van der Waals surface area contributed by atoms with Gasteiger partial charge in [0.25, 0.3) is 0 Å². The third-order valence-electron chi connectivity index (χ3n) is 3.92. The summed E-state index contributed by atoms with van der Waals surface area (Å²) in [7, 11) is 0. The molecular weight excluding hydrogens is 453 g/mol. The highest BCUT2D eigenvalue weighted by Gasteiger charge is 2.20. The lowest BCUT2D eigenvalue weighted by Crippen LogP contribution is -2.43. The Labute approximate surface area is 178 Å². The summed E-state index contributed by atoms with van der Waals surface area (Å²) in [5.74, 6) is 0.440. The van der Waals surface area contributed by atoms with Crippen molar-refractivity contribution in [2.75, 3.05) is 25.0 Å². The van der Waals surface area contributed by atoms with E-state index in [-0.39, 0.29) is 41.8 Å². The number of guanidine groups is 1. The number of hydrogen-bond donors (Lipinski definition) is 3. The summed E-state index contributed by atoms with van der Waals surface area (Å²) in [5.41, 5.74) is 1.85. The molecule has 1 amide bonds. The Morgan fingerprint density at radius 1 is 1.11 bits per heavy atom. The molecule has 0 aliphatic heterocycles. The lowest BCUT2D eigenvalue weighted by Gasteiger charge is -2.26. The molecule has 0 aliphatic carbocycles. The first kappa shape index (κ1) is 22.9. The van der Waals surface area contributed by atoms with Crippen LogP contribution in [0.2, 0.25) is 0 Å². The van der Waals surface area contributed by atoms with E-state index < -0.39 is 0 Å². The Kier molecular flexibility index (Phi) is 9.77. The van der Waals surface area contributed by atoms with Crippen molar-refractivity contribution in [3.8, 4) is 0 Å². The number of anilines is 1. The van der Waals surface area contributed by atoms with Crippen LogP contribution in [0, 0.1) is 0 Å². The minimum Gasteiger partial charge on any atom is -0.357 e. The maximum Gasteiger partial charge on any atom is 0.246 e. The Hall–Kier alpha value is -2.16. The van der Waals surface area contributed by atoms with Crippen molar-refractivity contribution in [1.82, 2.24) is 15.6 Å². The third-order valence-corrected chi connectivity index (χ3v) is 3.92. The Bertz CT molecular complexity index is 720. The van der Waals surface area contributed by atoms with Gasteiger partial charge in [0, 0.05) is 24.7 Å². The lowest BCUT2D eigenvalue weighted by molar-refractivity contribution is -0.114. The molecule has 0 atom stereocenters. The molecule has 7 heteroatoms. The van der Waals surface area contributed by atoms with Gasteiger partial charge in [0.05, 0.1) is 11.9 Å². The molecule has 1 aromatic carbocycles. The number of nitrogens with one attached hydrogen (secondary N) is 3. The maximum absolute atomic E-state index is 12.0. The highest BCUT2D eigenvalue weighted by Crippen LogP contribution is 2.21. The summed E-state index contributed by atoms with van der Waals surface area (Å²) in [4.78, 5) is 20.4. The van der Waals surface area contributed by atoms with Gasteiger partial charge in [-0.3, -0.25) is 9.78 Å². The summed E-state index contributed by atoms with van der Waals surface area (Å²) in [6, 6.07) is 13.9. The topological polar surface area (TPSA) is 78.4 Å². The first-order valence-corrected chi connectivity index (χ1v) is 8.79. The molecule has 3 N–H and O–H groups in total. The second-order valence-electron chi connectivity index (χ2n) is 6.59. The van der Waals surface area contributed by atoms with Crippen LogP contribution in [0.3, 0.4) is 0 Å². The van der Waals surface area contributed by atoms with Crippen LogP contribution in [-0.4, -0.2) is 36.5 Å². The molecule has 146 valence electrons. The lowest BCUT2D eigenvalue weighted by atomic mass is 9.85. The number of benzene rings is 1. The molecule has 0 saturated carbocycles. The highest BCUT2D eigenvalue weighted by molar-refractivity contribution is 14.0. The zero-order valence-electron chi connectivity index (χ0n) is 16.0. The SMILES string of the molecule is CCNC(=NCC(=O)Nc1cccnc1)NCC(C)(C)c1ccccc1.I. The van der Waals surface area contributed by atoms with Gasteiger partial charge >= 0.3 is 0 Å². The average Bonchev–Trinajstić information content (AvgIpc) is 2.65. The first-order chi connectivity index (χ1) is 12.5. The Morgan fingerprint density at radius 2 is 1.85 bits per heavy atom. The van der Waals surface area contributed by atoms with Crippen LogP contribution < -0.4 is 16.0 Å². The van der Waals surface area contributed by atoms with Crippen LogP contribution in [0.25, 0.3) is 0 Å². The molecule has 0 aliphatic rings. The number of aromatic nitrogens is 1. The molecular formula is C20H28IN5O. The average molecular weight is 481 g/mol. The van der Waals surface area contributed by atoms with Crippen molar-refractivity contribution < 1.29 is 4.79 Å². The molecule has 2 aromatic rings. The smallest absolute Gasteiger partial charge is 0.246 e. The van der Waals surface area contributed by atoms with Gasteiger partial charge in [-0.15, -0.1) is 24.0 Å². The number of carbonyl (C=O) groups is 1. The molecule has 0 unspecified atom stereocenters. The van der Waals surface area contributed by atoms with Gasteiger partial charge in [-0.1, -0.05) is 44.2 Å². The molecule has 0 spiro atoms. The molecule has 0 saturated heterocycles. The van der Waals surface area contributed by atoms with E-state index in [0.29, 0.717) is 18.2 Å². The summed E-state index contributed by atoms with van der Waals surface area (Å²) in [5, 5.41) is 9.27. The van der Waals surface area contributed by atoms with Crippen LogP contribution >= 0.6 is 24.0 Å². The maximum atomic E-state index is 12.0. The number of aliphatic imine (C=N–C) groups is 1. The van der Waals surface area contributed by atoms with E-state index in [9.17, 15) is 4.79 Å². The largest absolute Gasteiger partial charge is 0.357 e. The van der Waals surface area contributed by atoms with E-state index in [1.165, 1.54) is 5.56 Å². The number of halogens is 1. The zero-order chi connectivity index (χ0) is 18.8. The summed E-state index contributed by atoms with van der Waals surface area (Å²) in [6.45, 7) is 7.81. The number of carbonyl (C=O) groups excluding carboxylic acids is 1. The van der Waals surface area contributed by atoms with Crippen molar-refractivity contribution in [3.63, 3.8) is 0 Å². The second kappa shape index (κ2) is 11.5. The van der Waals surface area contributed by atoms with Gasteiger partial charge in [0.15, 0.2) is 5.96 Å². The van der Waals surface area contributed by atoms with E-state index in [4.69, 9.17) is 0 Å². The van der Waals surface area contributed by atoms with E-state index >= 15 is 0 Å². The van der Waals surface area contributed by atoms with Crippen LogP contribution in [0.1, 0.15) is 26.3 Å². The highest BCUT2D eigenvalue weighted by atomic mass is 127. The summed E-state index contributed by atoms with van der Waals surface area (Å²) < 4.78 is 0. The number of hydrogen-bond acceptors (Lipinski definition) is 3. The van der Waals surface area contributed by atoms with E-state index in [2.05, 4.69) is 51.9 Å². The van der Waals surface area contributed by atoms with Crippen molar-refractivity contribution in [3.05, 3.63) is 60.4 Å². The van der Waals surface area contributed by atoms with Gasteiger partial charge < -0.3 is 16.0 Å². The molecule has 1 heterocycles. The zero-order valence-corrected chi connectivity index (χ0v) is 18.4. The fourth-order valence-corrected chi connectivity index (χ4v) is 2.43. The van der Waals surface area contributed by atoms with Gasteiger partial charge in [0.2, 0.25) is 5.91 Å². The fourth-order valence-electron chi connectivity index (χ4n) is 2.43. The van der Waals surface area contributed by atoms with Crippen LogP contribution in [0.5, 0.6) is 0 Å². The molecule has 1 aromatic heterocycles. The molecule has 0 fully saturated rings. The van der Waals surface area contributed by atoms with E-state index in [1.807, 2.05) is 25.1 Å². The summed E-state index contributed by atoms with van der Waals surface area (Å²) >= 11 is 0. The number of pyridine rings is 1. The minimum atomic E-state index is -0.183. The number of nitrogens with zero attached hydrogens (tertiary/aromatic N) is 2. The van der Waals surface area contributed by atoms with E-state index in [1.54, 1.807) is 24.5 Å². The van der Waals surface area contributed by atoms with Gasteiger partial charge in [0.1, 0.15) is 6.54 Å². The summed E-state index contributed by atoms with van der Waals surface area (Å²) in [6.07, 6.45) is 3.27. The second-order valence-corrected chi connectivity index (χ2v) is 6.59. The third kappa shape index (κ3) is 7.94. The Morgan fingerprint density at radius 3 is 2.48 bits per heavy atom. The van der Waals surface area contributed by atoms with Crippen molar-refractivity contribution >= 4 is 41.5 Å². The van der Waals surface area contributed by atoms with E-state index in [0.717, 1.165) is 6.54 Å². The molecule has 6 nitrogen and oxygen atoms in total. The van der Waals surface area contributed by atoms with Crippen LogP contribution in [0.4, 0.5) is 5.69 Å². The normalized spacial score (nSPS) is 11.3. The first-order valence-electron chi connectivity index (χ1n) is 8.79. The van der Waals surface area contributed by atoms with Crippen molar-refractivity contribution in [1.29, 1.82) is 0 Å². The predicted octanol–water partition coefficient (Wildman–Crippen LogP) is 3.17. The molecule has 27 heavy (non-hydrogen) atoms.